The van der Waals surface area contributed by atoms with Crippen LogP contribution in [0.3, 0.4) is 0 Å². The van der Waals surface area contributed by atoms with Gasteiger partial charge in [0.15, 0.2) is 0 Å². The van der Waals surface area contributed by atoms with Crippen molar-refractivity contribution in [2.75, 3.05) is 33.7 Å². The molecule has 5 heteroatoms. The van der Waals surface area contributed by atoms with Crippen LogP contribution in [0.5, 0.6) is 0 Å². The lowest BCUT2D eigenvalue weighted by molar-refractivity contribution is -0.136. The van der Waals surface area contributed by atoms with Crippen molar-refractivity contribution in [2.45, 2.75) is 38.9 Å². The molecule has 2 aromatic rings. The van der Waals surface area contributed by atoms with Gasteiger partial charge in [0.1, 0.15) is 5.82 Å². The highest BCUT2D eigenvalue weighted by atomic mass is 19.1. The molecule has 0 aromatic heterocycles. The summed E-state index contributed by atoms with van der Waals surface area (Å²) in [7, 11) is 3.99. The smallest absolute Gasteiger partial charge is 0.239 e. The van der Waals surface area contributed by atoms with Crippen LogP contribution >= 0.6 is 0 Å². The van der Waals surface area contributed by atoms with Crippen LogP contribution in [-0.4, -0.2) is 60.4 Å². The van der Waals surface area contributed by atoms with Crippen LogP contribution in [0.15, 0.2) is 54.6 Å². The molecule has 1 unspecified atom stereocenters. The van der Waals surface area contributed by atoms with Crippen molar-refractivity contribution in [1.82, 2.24) is 14.7 Å². The second kappa shape index (κ2) is 10.7. The minimum Gasteiger partial charge on any atom is -0.340 e. The predicted octanol–water partition coefficient (Wildman–Crippen LogP) is 4.02. The standard InChI is InChI=1S/C25H34FN3O/c1-20(25(30)28(3)19-23-10-7-11-24(26)16-23)29-14-12-22(13-15-29)18-27(2)17-21-8-5-4-6-9-21/h4-11,16,20,22H,12-15,17-19H2,1-3H3. The Morgan fingerprint density at radius 3 is 2.37 bits per heavy atom. The molecule has 1 aliphatic rings. The van der Waals surface area contributed by atoms with Crippen molar-refractivity contribution in [1.29, 1.82) is 0 Å². The third kappa shape index (κ3) is 6.38. The summed E-state index contributed by atoms with van der Waals surface area (Å²) in [5.74, 6) is 0.502. The number of halogens is 1. The van der Waals surface area contributed by atoms with Crippen molar-refractivity contribution < 1.29 is 9.18 Å². The molecule has 0 aliphatic carbocycles. The van der Waals surface area contributed by atoms with Gasteiger partial charge in [-0.25, -0.2) is 4.39 Å². The van der Waals surface area contributed by atoms with E-state index in [-0.39, 0.29) is 17.8 Å². The molecule has 3 rings (SSSR count). The molecule has 0 saturated carbocycles. The monoisotopic (exact) mass is 411 g/mol. The summed E-state index contributed by atoms with van der Waals surface area (Å²) in [5, 5.41) is 0. The van der Waals surface area contributed by atoms with E-state index in [2.05, 4.69) is 47.2 Å². The molecule has 2 aromatic carbocycles. The van der Waals surface area contributed by atoms with E-state index in [1.165, 1.54) is 17.7 Å². The first-order valence-corrected chi connectivity index (χ1v) is 10.9. The number of likely N-dealkylation sites (tertiary alicyclic amines) is 1. The third-order valence-electron chi connectivity index (χ3n) is 6.10. The number of likely N-dealkylation sites (N-methyl/N-ethyl adjacent to an activating group) is 1. The van der Waals surface area contributed by atoms with E-state index in [9.17, 15) is 9.18 Å². The number of rotatable bonds is 8. The Morgan fingerprint density at radius 2 is 1.70 bits per heavy atom. The minimum absolute atomic E-state index is 0.0962. The maximum absolute atomic E-state index is 13.4. The second-order valence-corrected chi connectivity index (χ2v) is 8.66. The number of carbonyl (C=O) groups excluding carboxylic acids is 1. The largest absolute Gasteiger partial charge is 0.340 e. The van der Waals surface area contributed by atoms with Crippen molar-refractivity contribution in [3.05, 3.63) is 71.5 Å². The van der Waals surface area contributed by atoms with Gasteiger partial charge in [-0.2, -0.15) is 0 Å². The Bertz CT molecular complexity index is 805. The van der Waals surface area contributed by atoms with Crippen LogP contribution in [0.2, 0.25) is 0 Å². The van der Waals surface area contributed by atoms with Gasteiger partial charge in [-0.3, -0.25) is 9.69 Å². The van der Waals surface area contributed by atoms with Crippen LogP contribution in [0.25, 0.3) is 0 Å². The molecule has 30 heavy (non-hydrogen) atoms. The zero-order valence-corrected chi connectivity index (χ0v) is 18.4. The van der Waals surface area contributed by atoms with Gasteiger partial charge in [0.25, 0.3) is 0 Å². The maximum Gasteiger partial charge on any atom is 0.239 e. The predicted molar refractivity (Wildman–Crippen MR) is 119 cm³/mol. The van der Waals surface area contributed by atoms with Crippen molar-refractivity contribution in [3.8, 4) is 0 Å². The summed E-state index contributed by atoms with van der Waals surface area (Å²) < 4.78 is 13.4. The fourth-order valence-electron chi connectivity index (χ4n) is 4.39. The first kappa shape index (κ1) is 22.4. The van der Waals surface area contributed by atoms with Gasteiger partial charge in [0.2, 0.25) is 5.91 Å². The highest BCUT2D eigenvalue weighted by Crippen LogP contribution is 2.21. The fourth-order valence-corrected chi connectivity index (χ4v) is 4.39. The van der Waals surface area contributed by atoms with Crippen molar-refractivity contribution >= 4 is 5.91 Å². The van der Waals surface area contributed by atoms with Crippen molar-refractivity contribution in [3.63, 3.8) is 0 Å². The van der Waals surface area contributed by atoms with Crippen LogP contribution in [-0.2, 0) is 17.9 Å². The SMILES string of the molecule is CC(C(=O)N(C)Cc1cccc(F)c1)N1CCC(CN(C)Cc2ccccc2)CC1. The number of hydrogen-bond acceptors (Lipinski definition) is 3. The van der Waals surface area contributed by atoms with Gasteiger partial charge in [0, 0.05) is 26.7 Å². The van der Waals surface area contributed by atoms with E-state index in [0.29, 0.717) is 12.5 Å². The third-order valence-corrected chi connectivity index (χ3v) is 6.10. The van der Waals surface area contributed by atoms with E-state index in [1.54, 1.807) is 18.0 Å². The van der Waals surface area contributed by atoms with Gasteiger partial charge >= 0.3 is 0 Å². The first-order chi connectivity index (χ1) is 14.4. The molecular formula is C25H34FN3O. The van der Waals surface area contributed by atoms with Crippen molar-refractivity contribution in [2.24, 2.45) is 5.92 Å². The van der Waals surface area contributed by atoms with Gasteiger partial charge < -0.3 is 9.80 Å². The van der Waals surface area contributed by atoms with Crippen LogP contribution < -0.4 is 0 Å². The fraction of sp³-hybridized carbons (Fsp3) is 0.480. The Balaban J connectivity index is 1.43. The van der Waals surface area contributed by atoms with Gasteiger partial charge in [-0.15, -0.1) is 0 Å². The average molecular weight is 412 g/mol. The molecule has 1 amide bonds. The zero-order chi connectivity index (χ0) is 21.5. The lowest BCUT2D eigenvalue weighted by atomic mass is 9.95. The number of benzene rings is 2. The number of hydrogen-bond donors (Lipinski definition) is 0. The highest BCUT2D eigenvalue weighted by Gasteiger charge is 2.28. The molecule has 1 fully saturated rings. The summed E-state index contributed by atoms with van der Waals surface area (Å²) in [5.41, 5.74) is 2.16. The lowest BCUT2D eigenvalue weighted by Gasteiger charge is -2.37. The van der Waals surface area contributed by atoms with E-state index in [1.807, 2.05) is 13.0 Å². The molecule has 1 aliphatic heterocycles. The van der Waals surface area contributed by atoms with Gasteiger partial charge in [0.05, 0.1) is 6.04 Å². The molecule has 0 radical (unpaired) electrons. The Kier molecular flexibility index (Phi) is 8.00. The quantitative estimate of drug-likeness (QED) is 0.657. The molecule has 0 N–H and O–H groups in total. The van der Waals surface area contributed by atoms with E-state index >= 15 is 0 Å². The Labute approximate surface area is 180 Å². The normalized spacial score (nSPS) is 16.6. The highest BCUT2D eigenvalue weighted by molar-refractivity contribution is 5.81. The molecule has 0 spiro atoms. The number of piperidine rings is 1. The molecule has 1 heterocycles. The second-order valence-electron chi connectivity index (χ2n) is 8.66. The van der Waals surface area contributed by atoms with Crippen LogP contribution in [0.4, 0.5) is 4.39 Å². The number of nitrogens with zero attached hydrogens (tertiary/aromatic N) is 3. The van der Waals surface area contributed by atoms with Crippen LogP contribution in [0, 0.1) is 11.7 Å². The summed E-state index contributed by atoms with van der Waals surface area (Å²) in [6.45, 7) is 6.38. The van der Waals surface area contributed by atoms with E-state index < -0.39 is 0 Å². The van der Waals surface area contributed by atoms with Gasteiger partial charge in [-0.1, -0.05) is 42.5 Å². The summed E-state index contributed by atoms with van der Waals surface area (Å²) in [4.78, 5) is 19.3. The number of amides is 1. The van der Waals surface area contributed by atoms with Gasteiger partial charge in [-0.05, 0) is 69.1 Å². The molecule has 1 saturated heterocycles. The Hall–Kier alpha value is -2.24. The first-order valence-electron chi connectivity index (χ1n) is 10.9. The lowest BCUT2D eigenvalue weighted by Crippen LogP contribution is -2.49. The molecular weight excluding hydrogens is 377 g/mol. The maximum atomic E-state index is 13.4. The topological polar surface area (TPSA) is 26.8 Å². The van der Waals surface area contributed by atoms with Crippen LogP contribution in [0.1, 0.15) is 30.9 Å². The van der Waals surface area contributed by atoms with E-state index in [4.69, 9.17) is 0 Å². The molecule has 4 nitrogen and oxygen atoms in total. The molecule has 162 valence electrons. The summed E-state index contributed by atoms with van der Waals surface area (Å²) in [6.07, 6.45) is 2.23. The summed E-state index contributed by atoms with van der Waals surface area (Å²) in [6, 6.07) is 16.9. The Morgan fingerprint density at radius 1 is 1.03 bits per heavy atom. The minimum atomic E-state index is -0.263. The number of carbonyl (C=O) groups is 1. The molecule has 0 bridgehead atoms. The van der Waals surface area contributed by atoms with E-state index in [0.717, 1.165) is 44.6 Å². The molecule has 1 atom stereocenters. The zero-order valence-electron chi connectivity index (χ0n) is 18.4. The summed E-state index contributed by atoms with van der Waals surface area (Å²) >= 11 is 0. The average Bonchev–Trinajstić information content (AvgIpc) is 2.74.